The van der Waals surface area contributed by atoms with E-state index >= 15 is 0 Å². The topological polar surface area (TPSA) is 87.0 Å². The van der Waals surface area contributed by atoms with Crippen LogP contribution in [-0.4, -0.2) is 25.3 Å². The van der Waals surface area contributed by atoms with Crippen LogP contribution < -0.4 is 5.76 Å². The van der Waals surface area contributed by atoms with Gasteiger partial charge in [-0.05, 0) is 56.8 Å². The highest BCUT2D eigenvalue weighted by Crippen LogP contribution is 2.37. The summed E-state index contributed by atoms with van der Waals surface area (Å²) in [4.78, 5) is 12.2. The number of thioether (sulfide) groups is 1. The van der Waals surface area contributed by atoms with E-state index in [0.717, 1.165) is 0 Å². The van der Waals surface area contributed by atoms with Crippen molar-refractivity contribution >= 4 is 27.7 Å². The van der Waals surface area contributed by atoms with Gasteiger partial charge in [0.1, 0.15) is 5.82 Å². The molecule has 2 heterocycles. The summed E-state index contributed by atoms with van der Waals surface area (Å²) in [6.07, 6.45) is 0. The Hall–Kier alpha value is -1.94. The molecule has 0 saturated carbocycles. The molecular formula is C16H15BrFN4O3S. The third-order valence-electron chi connectivity index (χ3n) is 3.66. The molecule has 0 fully saturated rings. The minimum atomic E-state index is -0.737. The van der Waals surface area contributed by atoms with Gasteiger partial charge in [0.25, 0.3) is 0 Å². The van der Waals surface area contributed by atoms with Crippen LogP contribution in [0.5, 0.6) is 0 Å². The summed E-state index contributed by atoms with van der Waals surface area (Å²) in [5.41, 5.74) is 0.520. The Kier molecular flexibility index (Phi) is 5.07. The maximum atomic E-state index is 13.5. The molecule has 1 aromatic carbocycles. The molecule has 0 N–H and O–H groups in total. The van der Waals surface area contributed by atoms with Gasteiger partial charge in [0.15, 0.2) is 10.7 Å². The number of nitrogens with zero attached hydrogens (tertiary/aromatic N) is 4. The molecule has 26 heavy (non-hydrogen) atoms. The van der Waals surface area contributed by atoms with E-state index in [0.29, 0.717) is 10.7 Å². The van der Waals surface area contributed by atoms with Crippen LogP contribution in [-0.2, 0) is 0 Å². The molecule has 0 saturated heterocycles. The zero-order valence-corrected chi connectivity index (χ0v) is 16.6. The smallest absolute Gasteiger partial charge is 0.295 e. The Balaban J connectivity index is 2.06. The standard InChI is InChI=1S/C16H15BrFN4O3S/c1-8(16(2,3)4)26-14-12(19-25-21-14)13-20-24-15(23)22(13)9-5-6-11(18)10(17)7-9/h5-8H,1H2,2-4H3. The first-order valence-corrected chi connectivity index (χ1v) is 9.22. The van der Waals surface area contributed by atoms with Gasteiger partial charge in [-0.25, -0.2) is 18.4 Å². The summed E-state index contributed by atoms with van der Waals surface area (Å²) in [6.45, 7) is 10.3. The summed E-state index contributed by atoms with van der Waals surface area (Å²) in [7, 11) is 0. The Morgan fingerprint density at radius 2 is 2.04 bits per heavy atom. The number of hydrogen-bond acceptors (Lipinski definition) is 7. The number of hydrogen-bond donors (Lipinski definition) is 0. The normalized spacial score (nSPS) is 13.2. The first-order valence-electron chi connectivity index (χ1n) is 7.55. The van der Waals surface area contributed by atoms with Crippen molar-refractivity contribution in [3.05, 3.63) is 46.0 Å². The van der Waals surface area contributed by atoms with Crippen LogP contribution >= 0.6 is 27.7 Å². The second kappa shape index (κ2) is 6.99. The number of halogens is 2. The van der Waals surface area contributed by atoms with Gasteiger partial charge >= 0.3 is 5.76 Å². The molecule has 1 radical (unpaired) electrons. The van der Waals surface area contributed by atoms with Gasteiger partial charge in [-0.3, -0.25) is 4.52 Å². The monoisotopic (exact) mass is 441 g/mol. The van der Waals surface area contributed by atoms with Crippen molar-refractivity contribution in [2.45, 2.75) is 31.0 Å². The average Bonchev–Trinajstić information content (AvgIpc) is 3.15. The molecular weight excluding hydrogens is 427 g/mol. The quantitative estimate of drug-likeness (QED) is 0.562. The van der Waals surface area contributed by atoms with Gasteiger partial charge in [-0.1, -0.05) is 37.7 Å². The lowest BCUT2D eigenvalue weighted by molar-refractivity contribution is 0.299. The first kappa shape index (κ1) is 18.8. The van der Waals surface area contributed by atoms with Crippen LogP contribution in [0.25, 0.3) is 17.2 Å². The highest BCUT2D eigenvalue weighted by Gasteiger charge is 2.28. The molecule has 0 aliphatic heterocycles. The van der Waals surface area contributed by atoms with Crippen molar-refractivity contribution in [2.24, 2.45) is 5.41 Å². The third kappa shape index (κ3) is 3.61. The molecule has 2 aromatic heterocycles. The van der Waals surface area contributed by atoms with Crippen molar-refractivity contribution in [3.8, 4) is 17.2 Å². The fourth-order valence-electron chi connectivity index (χ4n) is 1.96. The third-order valence-corrected chi connectivity index (χ3v) is 5.75. The van der Waals surface area contributed by atoms with Gasteiger partial charge < -0.3 is 0 Å². The van der Waals surface area contributed by atoms with Gasteiger partial charge in [-0.15, -0.1) is 0 Å². The predicted octanol–water partition coefficient (Wildman–Crippen LogP) is 4.12. The minimum Gasteiger partial charge on any atom is -0.295 e. The van der Waals surface area contributed by atoms with Crippen molar-refractivity contribution in [1.82, 2.24) is 20.0 Å². The van der Waals surface area contributed by atoms with E-state index in [-0.39, 0.29) is 26.7 Å². The summed E-state index contributed by atoms with van der Waals surface area (Å²) in [5, 5.41) is 11.9. The fraction of sp³-hybridized carbons (Fsp3) is 0.312. The van der Waals surface area contributed by atoms with E-state index in [2.05, 4.69) is 38.3 Å². The minimum absolute atomic E-state index is 0.0554. The zero-order valence-electron chi connectivity index (χ0n) is 14.2. The molecule has 7 nitrogen and oxygen atoms in total. The molecule has 137 valence electrons. The molecule has 1 atom stereocenters. The van der Waals surface area contributed by atoms with E-state index in [1.54, 1.807) is 0 Å². The van der Waals surface area contributed by atoms with Crippen molar-refractivity contribution in [2.75, 3.05) is 0 Å². The van der Waals surface area contributed by atoms with Crippen LogP contribution in [0.15, 0.2) is 41.6 Å². The summed E-state index contributed by atoms with van der Waals surface area (Å²) < 4.78 is 24.5. The lowest BCUT2D eigenvalue weighted by Crippen LogP contribution is -2.20. The van der Waals surface area contributed by atoms with E-state index in [4.69, 9.17) is 9.15 Å². The number of rotatable bonds is 4. The number of aromatic nitrogens is 4. The predicted molar refractivity (Wildman–Crippen MR) is 97.5 cm³/mol. The fourth-order valence-corrected chi connectivity index (χ4v) is 3.26. The maximum absolute atomic E-state index is 13.5. The summed E-state index contributed by atoms with van der Waals surface area (Å²) >= 11 is 4.45. The first-order chi connectivity index (χ1) is 12.2. The Morgan fingerprint density at radius 1 is 1.31 bits per heavy atom. The highest BCUT2D eigenvalue weighted by atomic mass is 79.9. The van der Waals surface area contributed by atoms with Crippen molar-refractivity contribution in [3.63, 3.8) is 0 Å². The molecule has 3 aromatic rings. The second-order valence-corrected chi connectivity index (χ2v) is 8.64. The zero-order chi connectivity index (χ0) is 19.1. The molecule has 0 aliphatic rings. The van der Waals surface area contributed by atoms with E-state index < -0.39 is 11.6 Å². The van der Waals surface area contributed by atoms with E-state index in [1.807, 2.05) is 20.8 Å². The van der Waals surface area contributed by atoms with Gasteiger partial charge in [0, 0.05) is 5.25 Å². The van der Waals surface area contributed by atoms with Gasteiger partial charge in [0.05, 0.1) is 10.2 Å². The Bertz CT molecular complexity index is 992. The molecule has 1 unspecified atom stereocenters. The Morgan fingerprint density at radius 3 is 2.69 bits per heavy atom. The van der Waals surface area contributed by atoms with Crippen molar-refractivity contribution < 1.29 is 13.5 Å². The summed E-state index contributed by atoms with van der Waals surface area (Å²) in [6, 6.07) is 4.10. The molecule has 10 heteroatoms. The molecule has 3 rings (SSSR count). The molecule has 0 spiro atoms. The van der Waals surface area contributed by atoms with Crippen molar-refractivity contribution in [1.29, 1.82) is 0 Å². The second-order valence-electron chi connectivity index (χ2n) is 6.60. The maximum Gasteiger partial charge on any atom is 0.446 e. The molecule has 0 aliphatic carbocycles. The van der Waals surface area contributed by atoms with Crippen LogP contribution in [0, 0.1) is 18.2 Å². The largest absolute Gasteiger partial charge is 0.446 e. The van der Waals surface area contributed by atoms with Crippen LogP contribution in [0.4, 0.5) is 4.39 Å². The average molecular weight is 442 g/mol. The van der Waals surface area contributed by atoms with Crippen LogP contribution in [0.3, 0.4) is 0 Å². The van der Waals surface area contributed by atoms with Crippen LogP contribution in [0.1, 0.15) is 20.8 Å². The van der Waals surface area contributed by atoms with Gasteiger partial charge in [-0.2, -0.15) is 0 Å². The lowest BCUT2D eigenvalue weighted by Gasteiger charge is -2.25. The molecule has 0 amide bonds. The van der Waals surface area contributed by atoms with E-state index in [1.165, 1.54) is 34.5 Å². The number of benzene rings is 1. The SMILES string of the molecule is [CH2]C(Sc1nonc1-c1noc(=O)n1-c1ccc(F)c(Br)c1)C(C)(C)C. The molecule has 0 bridgehead atoms. The van der Waals surface area contributed by atoms with E-state index in [9.17, 15) is 9.18 Å². The van der Waals surface area contributed by atoms with Crippen LogP contribution in [0.2, 0.25) is 0 Å². The Labute approximate surface area is 161 Å². The summed E-state index contributed by atoms with van der Waals surface area (Å²) in [5.74, 6) is -1.08. The highest BCUT2D eigenvalue weighted by molar-refractivity contribution is 9.10. The van der Waals surface area contributed by atoms with Gasteiger partial charge in [0.2, 0.25) is 5.82 Å². The lowest BCUT2D eigenvalue weighted by atomic mass is 9.93.